The Morgan fingerprint density at radius 3 is 2.50 bits per heavy atom. The van der Waals surface area contributed by atoms with E-state index in [1.54, 1.807) is 26.2 Å². The number of hydrogen-bond donors (Lipinski definition) is 0. The van der Waals surface area contributed by atoms with Gasteiger partial charge in [-0.05, 0) is 121 Å². The summed E-state index contributed by atoms with van der Waals surface area (Å²) in [6.07, 6.45) is 13.1. The van der Waals surface area contributed by atoms with Gasteiger partial charge in [-0.3, -0.25) is 14.6 Å². The number of nitrogens with zero attached hydrogens (tertiary/aromatic N) is 3. The molecule has 2 heterocycles. The molecule has 9 atom stereocenters. The van der Waals surface area contributed by atoms with Gasteiger partial charge in [0.1, 0.15) is 12.4 Å². The first-order chi connectivity index (χ1) is 22.7. The number of allylic oxidation sites excluding steroid dienone is 2. The van der Waals surface area contributed by atoms with E-state index in [0.717, 1.165) is 68.8 Å². The van der Waals surface area contributed by atoms with Crippen LogP contribution in [0.25, 0.3) is 11.5 Å². The maximum atomic E-state index is 13.9. The van der Waals surface area contributed by atoms with E-state index in [0.29, 0.717) is 41.9 Å². The van der Waals surface area contributed by atoms with Crippen LogP contribution in [-0.4, -0.2) is 39.3 Å². The van der Waals surface area contributed by atoms with Gasteiger partial charge in [-0.2, -0.15) is 0 Å². The quantitative estimate of drug-likeness (QED) is 0.217. The van der Waals surface area contributed by atoms with Gasteiger partial charge in [-0.1, -0.05) is 48.5 Å². The number of pyridine rings is 1. The molecule has 0 bridgehead atoms. The number of aldehydes is 1. The van der Waals surface area contributed by atoms with Gasteiger partial charge in [0.05, 0.1) is 17.4 Å². The molecule has 4 saturated carbocycles. The Hall–Kier alpha value is -3.16. The summed E-state index contributed by atoms with van der Waals surface area (Å²) in [6.45, 7) is 15.3. The zero-order valence-electron chi connectivity index (χ0n) is 29.9. The molecule has 2 aromatic heterocycles. The summed E-state index contributed by atoms with van der Waals surface area (Å²) in [5.41, 5.74) is 2.23. The topological polar surface area (TPSA) is 112 Å². The largest absolute Gasteiger partial charge is 0.462 e. The number of hydrogen-bond acceptors (Lipinski definition) is 8. The molecule has 0 saturated heterocycles. The van der Waals surface area contributed by atoms with Crippen LogP contribution < -0.4 is 0 Å². The number of aromatic nitrogens is 3. The van der Waals surface area contributed by atoms with E-state index in [-0.39, 0.29) is 46.9 Å². The smallest absolute Gasteiger partial charge is 0.307 e. The number of Topliss-reactive ketones (excluding diaryl/α,β-unsaturated/α-hetero) is 1. The van der Waals surface area contributed by atoms with Gasteiger partial charge < -0.3 is 13.9 Å². The Bertz CT molecular complexity index is 1630. The van der Waals surface area contributed by atoms with Gasteiger partial charge in [0.2, 0.25) is 11.8 Å². The maximum absolute atomic E-state index is 13.9. The Labute approximate surface area is 285 Å². The SMILES string of the molecule is CC(C)C1=C2C3CCC4C(C)(CCC5C(C)C(OC(=O)CC(C)(C)C=O)CCC54C)C3CCC2(c2nnc(-c3cccnc3)o2)CC1=O. The molecule has 0 spiro atoms. The molecule has 5 aliphatic carbocycles. The highest BCUT2D eigenvalue weighted by molar-refractivity contribution is 6.01. The normalized spacial score (nSPS) is 37.8. The average molecular weight is 656 g/mol. The van der Waals surface area contributed by atoms with Gasteiger partial charge in [0.15, 0.2) is 5.78 Å². The predicted octanol–water partition coefficient (Wildman–Crippen LogP) is 8.11. The van der Waals surface area contributed by atoms with Crippen molar-refractivity contribution in [3.8, 4) is 11.5 Å². The molecule has 0 aliphatic heterocycles. The van der Waals surface area contributed by atoms with E-state index in [2.05, 4.69) is 49.8 Å². The van der Waals surface area contributed by atoms with Crippen molar-refractivity contribution in [1.82, 2.24) is 15.2 Å². The fourth-order valence-electron chi connectivity index (χ4n) is 12.0. The number of ether oxygens (including phenoxy) is 1. The van der Waals surface area contributed by atoms with Crippen LogP contribution in [-0.2, 0) is 24.5 Å². The Balaban J connectivity index is 1.17. The molecule has 7 rings (SSSR count). The number of ketones is 1. The van der Waals surface area contributed by atoms with Crippen molar-refractivity contribution in [1.29, 1.82) is 0 Å². The minimum atomic E-state index is -0.702. The van der Waals surface area contributed by atoms with Gasteiger partial charge in [-0.15, -0.1) is 10.2 Å². The number of rotatable bonds is 7. The van der Waals surface area contributed by atoms with Crippen molar-refractivity contribution < 1.29 is 23.5 Å². The molecule has 2 aromatic rings. The molecule has 0 N–H and O–H groups in total. The third kappa shape index (κ3) is 5.05. The number of carbonyl (C=O) groups excluding carboxylic acids is 3. The van der Waals surface area contributed by atoms with Crippen molar-refractivity contribution >= 4 is 18.0 Å². The first-order valence-corrected chi connectivity index (χ1v) is 18.4. The van der Waals surface area contributed by atoms with Crippen LogP contribution in [0.2, 0.25) is 0 Å². The van der Waals surface area contributed by atoms with Gasteiger partial charge in [0.25, 0.3) is 0 Å². The lowest BCUT2D eigenvalue weighted by molar-refractivity contribution is -0.190. The van der Waals surface area contributed by atoms with E-state index >= 15 is 0 Å². The Morgan fingerprint density at radius 2 is 1.79 bits per heavy atom. The van der Waals surface area contributed by atoms with Crippen molar-refractivity contribution in [3.63, 3.8) is 0 Å². The predicted molar refractivity (Wildman–Crippen MR) is 181 cm³/mol. The summed E-state index contributed by atoms with van der Waals surface area (Å²) in [7, 11) is 0. The zero-order chi connectivity index (χ0) is 34.2. The highest BCUT2D eigenvalue weighted by Gasteiger charge is 2.66. The molecule has 258 valence electrons. The van der Waals surface area contributed by atoms with E-state index in [4.69, 9.17) is 9.15 Å². The van der Waals surface area contributed by atoms with Crippen molar-refractivity contribution in [2.45, 2.75) is 124 Å². The summed E-state index contributed by atoms with van der Waals surface area (Å²) in [6, 6.07) is 3.80. The summed E-state index contributed by atoms with van der Waals surface area (Å²) < 4.78 is 12.6. The number of carbonyl (C=O) groups is 3. The second kappa shape index (κ2) is 11.7. The van der Waals surface area contributed by atoms with Crippen LogP contribution in [0.5, 0.6) is 0 Å². The highest BCUT2D eigenvalue weighted by Crippen LogP contribution is 2.71. The van der Waals surface area contributed by atoms with Crippen LogP contribution in [0.15, 0.2) is 40.1 Å². The third-order valence-electron chi connectivity index (χ3n) is 14.1. The molecule has 5 aliphatic rings. The summed E-state index contributed by atoms with van der Waals surface area (Å²) in [5, 5.41) is 9.12. The lowest BCUT2D eigenvalue weighted by atomic mass is 9.38. The van der Waals surface area contributed by atoms with Crippen molar-refractivity contribution in [2.24, 2.45) is 51.8 Å². The molecule has 8 heteroatoms. The molecule has 4 fully saturated rings. The minimum absolute atomic E-state index is 0.0942. The number of fused-ring (bicyclic) bond motifs is 7. The first-order valence-electron chi connectivity index (χ1n) is 18.4. The van der Waals surface area contributed by atoms with E-state index < -0.39 is 10.8 Å². The van der Waals surface area contributed by atoms with Crippen LogP contribution in [0.4, 0.5) is 0 Å². The Morgan fingerprint density at radius 1 is 1.06 bits per heavy atom. The molecule has 0 aromatic carbocycles. The fraction of sp³-hybridized carbons (Fsp3) is 0.700. The van der Waals surface area contributed by atoms with Crippen LogP contribution in [0.1, 0.15) is 119 Å². The first kappa shape index (κ1) is 33.3. The summed E-state index contributed by atoms with van der Waals surface area (Å²) in [4.78, 5) is 42.5. The summed E-state index contributed by atoms with van der Waals surface area (Å²) >= 11 is 0. The van der Waals surface area contributed by atoms with Crippen LogP contribution in [0.3, 0.4) is 0 Å². The third-order valence-corrected chi connectivity index (χ3v) is 14.1. The average Bonchev–Trinajstić information content (AvgIpc) is 3.66. The molecule has 8 nitrogen and oxygen atoms in total. The lowest BCUT2D eigenvalue weighted by Gasteiger charge is -2.67. The molecular formula is C40H53N3O5. The second-order valence-corrected chi connectivity index (χ2v) is 17.6. The fourth-order valence-corrected chi connectivity index (χ4v) is 12.0. The van der Waals surface area contributed by atoms with E-state index in [1.165, 1.54) is 5.57 Å². The summed E-state index contributed by atoms with van der Waals surface area (Å²) in [5.74, 6) is 3.36. The number of esters is 1. The lowest BCUT2D eigenvalue weighted by Crippen LogP contribution is -2.60. The minimum Gasteiger partial charge on any atom is -0.462 e. The van der Waals surface area contributed by atoms with E-state index in [9.17, 15) is 14.4 Å². The van der Waals surface area contributed by atoms with Gasteiger partial charge in [-0.25, -0.2) is 0 Å². The van der Waals surface area contributed by atoms with Gasteiger partial charge in [0, 0.05) is 24.2 Å². The molecule has 48 heavy (non-hydrogen) atoms. The Kier molecular flexibility index (Phi) is 8.14. The van der Waals surface area contributed by atoms with Crippen LogP contribution in [0, 0.1) is 51.8 Å². The van der Waals surface area contributed by atoms with E-state index in [1.807, 2.05) is 12.1 Å². The van der Waals surface area contributed by atoms with Crippen LogP contribution >= 0.6 is 0 Å². The maximum Gasteiger partial charge on any atom is 0.307 e. The molecule has 0 amide bonds. The second-order valence-electron chi connectivity index (χ2n) is 17.6. The molecule has 0 radical (unpaired) electrons. The van der Waals surface area contributed by atoms with Gasteiger partial charge >= 0.3 is 5.97 Å². The molecular weight excluding hydrogens is 602 g/mol. The zero-order valence-corrected chi connectivity index (χ0v) is 29.9. The van der Waals surface area contributed by atoms with Crippen molar-refractivity contribution in [3.05, 3.63) is 41.6 Å². The standard InChI is InChI=1S/C40H53N3O5/c1-23(2)33-29(45)19-40(36-43-42-35(48-36)25-9-8-18-41-21-25)17-13-28-26(34(33)40)10-11-31-38(6)16-14-30(47-32(46)20-37(4,5)22-44)24(3)27(38)12-15-39(28,31)7/h8-9,18,21-24,26-28,30-31H,10-17,19-20H2,1-7H3. The van der Waals surface area contributed by atoms with Crippen molar-refractivity contribution in [2.75, 3.05) is 0 Å². The highest BCUT2D eigenvalue weighted by atomic mass is 16.5. The monoisotopic (exact) mass is 655 g/mol. The molecule has 9 unspecified atom stereocenters.